The van der Waals surface area contributed by atoms with E-state index in [9.17, 15) is 19.2 Å². The molecule has 0 unspecified atom stereocenters. The van der Waals surface area contributed by atoms with Crippen LogP contribution in [0.4, 0.5) is 0 Å². The van der Waals surface area contributed by atoms with E-state index in [0.717, 1.165) is 5.56 Å². The highest BCUT2D eigenvalue weighted by Crippen LogP contribution is 2.29. The van der Waals surface area contributed by atoms with E-state index in [1.165, 1.54) is 11.1 Å². The molecule has 4 bridgehead atoms. The normalized spacial score (nSPS) is 23.6. The van der Waals surface area contributed by atoms with Crippen molar-refractivity contribution in [2.45, 2.75) is 57.4 Å². The van der Waals surface area contributed by atoms with Gasteiger partial charge in [-0.25, -0.2) is 4.68 Å². The molecule has 4 amide bonds. The fourth-order valence-corrected chi connectivity index (χ4v) is 5.09. The topological polar surface area (TPSA) is 151 Å². The first kappa shape index (κ1) is 27.0. The lowest BCUT2D eigenvalue weighted by molar-refractivity contribution is -0.134. The smallest absolute Gasteiger partial charge is 0.273 e. The Labute approximate surface area is 231 Å². The lowest BCUT2D eigenvalue weighted by Gasteiger charge is -2.28. The lowest BCUT2D eigenvalue weighted by atomic mass is 10.00. The van der Waals surface area contributed by atoms with Crippen LogP contribution < -0.4 is 16.0 Å². The number of carbonyl (C=O) groups excluding carboxylic acids is 4. The van der Waals surface area contributed by atoms with Crippen molar-refractivity contribution in [1.82, 2.24) is 40.8 Å². The van der Waals surface area contributed by atoms with Gasteiger partial charge in [-0.1, -0.05) is 55.5 Å². The van der Waals surface area contributed by atoms with Crippen molar-refractivity contribution in [3.63, 3.8) is 0 Å². The van der Waals surface area contributed by atoms with E-state index in [0.29, 0.717) is 5.69 Å². The van der Waals surface area contributed by atoms with Crippen molar-refractivity contribution in [2.24, 2.45) is 5.92 Å². The third kappa shape index (κ3) is 5.85. The zero-order valence-corrected chi connectivity index (χ0v) is 22.4. The number of benzene rings is 1. The van der Waals surface area contributed by atoms with Crippen molar-refractivity contribution in [3.8, 4) is 0 Å². The van der Waals surface area contributed by atoms with Crippen LogP contribution in [0.15, 0.2) is 60.9 Å². The largest absolute Gasteiger partial charge is 0.349 e. The summed E-state index contributed by atoms with van der Waals surface area (Å²) in [7, 11) is 0. The van der Waals surface area contributed by atoms with Crippen LogP contribution in [-0.2, 0) is 27.3 Å². The lowest BCUT2D eigenvalue weighted by Crippen LogP contribution is -2.58. The van der Waals surface area contributed by atoms with Crippen LogP contribution in [0.1, 0.15) is 48.1 Å². The third-order valence-corrected chi connectivity index (χ3v) is 7.26. The maximum absolute atomic E-state index is 13.7. The zero-order valence-electron chi connectivity index (χ0n) is 22.4. The number of carbonyl (C=O) groups is 4. The van der Waals surface area contributed by atoms with Crippen molar-refractivity contribution >= 4 is 23.6 Å². The molecule has 2 aliphatic rings. The first-order valence-electron chi connectivity index (χ1n) is 13.3. The molecular weight excluding hydrogens is 512 g/mol. The highest BCUT2D eigenvalue weighted by atomic mass is 16.2. The fourth-order valence-electron chi connectivity index (χ4n) is 5.09. The van der Waals surface area contributed by atoms with Gasteiger partial charge in [0.25, 0.3) is 5.91 Å². The van der Waals surface area contributed by atoms with E-state index in [4.69, 9.17) is 0 Å². The maximum atomic E-state index is 13.7. The van der Waals surface area contributed by atoms with Crippen LogP contribution in [0.25, 0.3) is 0 Å². The molecule has 2 aliphatic heterocycles. The van der Waals surface area contributed by atoms with Gasteiger partial charge in [0.2, 0.25) is 17.7 Å². The van der Waals surface area contributed by atoms with Gasteiger partial charge in [0.1, 0.15) is 29.5 Å². The second-order valence-corrected chi connectivity index (χ2v) is 10.5. The molecule has 40 heavy (non-hydrogen) atoms. The van der Waals surface area contributed by atoms with Gasteiger partial charge in [0.05, 0.1) is 18.8 Å². The molecule has 1 saturated heterocycles. The van der Waals surface area contributed by atoms with Crippen LogP contribution in [0.2, 0.25) is 0 Å². The van der Waals surface area contributed by atoms with Gasteiger partial charge >= 0.3 is 0 Å². The highest BCUT2D eigenvalue weighted by Gasteiger charge is 2.43. The number of fused-ring (bicyclic) bond motifs is 5. The number of pyridine rings is 1. The molecule has 4 heterocycles. The molecule has 5 rings (SSSR count). The molecular formula is C28H32N8O4. The monoisotopic (exact) mass is 544 g/mol. The predicted octanol–water partition coefficient (Wildman–Crippen LogP) is 0.627. The van der Waals surface area contributed by atoms with Crippen LogP contribution in [-0.4, -0.2) is 73.2 Å². The summed E-state index contributed by atoms with van der Waals surface area (Å²) in [6.07, 6.45) is 3.77. The Hall–Kier alpha value is -4.61. The quantitative estimate of drug-likeness (QED) is 0.436. The second kappa shape index (κ2) is 11.6. The Balaban J connectivity index is 1.47. The number of aromatic nitrogens is 4. The molecule has 3 aromatic rings. The minimum atomic E-state index is -0.924. The van der Waals surface area contributed by atoms with E-state index in [2.05, 4.69) is 31.2 Å². The Morgan fingerprint density at radius 2 is 1.77 bits per heavy atom. The summed E-state index contributed by atoms with van der Waals surface area (Å²) in [5, 5.41) is 17.0. The standard InChI is InChI=1S/C28H32N8O4/c1-17(2)24-27(39)31-22(12-18-8-4-3-5-9-18)25(37)30-14-19-15-36(34-33-19)20-13-23(26(38)32-24)35(16-20)28(40)21-10-6-7-11-29-21/h3-11,15,17,20,22-24H,12-14,16H2,1-2H3,(H,30,37)(H,31,39)(H,32,38)/t20-,22+,23-,24-/m0/s1. The number of likely N-dealkylation sites (tertiary alicyclic amines) is 1. The average molecular weight is 545 g/mol. The SMILES string of the molecule is CC(C)[C@@H]1NC(=O)[C@@H]2C[C@@H](CN2C(=O)c2ccccn2)n2cc(nn2)CNC(=O)[C@@H](Cc2ccccc2)NC1=O. The van der Waals surface area contributed by atoms with Gasteiger partial charge in [-0.2, -0.15) is 0 Å². The fraction of sp³-hybridized carbons (Fsp3) is 0.393. The summed E-state index contributed by atoms with van der Waals surface area (Å²) >= 11 is 0. The summed E-state index contributed by atoms with van der Waals surface area (Å²) in [5.41, 5.74) is 1.61. The van der Waals surface area contributed by atoms with Gasteiger partial charge < -0.3 is 20.9 Å². The third-order valence-electron chi connectivity index (χ3n) is 7.26. The molecule has 4 atom stereocenters. The van der Waals surface area contributed by atoms with E-state index in [-0.39, 0.29) is 55.4 Å². The second-order valence-electron chi connectivity index (χ2n) is 10.5. The van der Waals surface area contributed by atoms with Gasteiger partial charge in [-0.15, -0.1) is 5.10 Å². The van der Waals surface area contributed by atoms with Crippen molar-refractivity contribution < 1.29 is 19.2 Å². The molecule has 12 heteroatoms. The molecule has 0 saturated carbocycles. The Bertz CT molecular complexity index is 1380. The summed E-state index contributed by atoms with van der Waals surface area (Å²) in [6, 6.07) is 11.4. The molecule has 0 spiro atoms. The van der Waals surface area contributed by atoms with Crippen molar-refractivity contribution in [2.75, 3.05) is 6.54 Å². The number of nitrogens with one attached hydrogen (secondary N) is 3. The average Bonchev–Trinajstić information content (AvgIpc) is 3.62. The van der Waals surface area contributed by atoms with E-state index >= 15 is 0 Å². The Morgan fingerprint density at radius 1 is 1.00 bits per heavy atom. The summed E-state index contributed by atoms with van der Waals surface area (Å²) in [5.74, 6) is -1.97. The zero-order chi connectivity index (χ0) is 28.2. The van der Waals surface area contributed by atoms with E-state index in [1.54, 1.807) is 29.1 Å². The molecule has 0 radical (unpaired) electrons. The number of rotatable bonds is 4. The number of nitrogens with zero attached hydrogens (tertiary/aromatic N) is 5. The van der Waals surface area contributed by atoms with E-state index < -0.39 is 29.9 Å². The Kier molecular flexibility index (Phi) is 7.85. The first-order chi connectivity index (χ1) is 19.3. The van der Waals surface area contributed by atoms with Crippen LogP contribution in [0, 0.1) is 5.92 Å². The van der Waals surface area contributed by atoms with E-state index in [1.807, 2.05) is 44.2 Å². The Morgan fingerprint density at radius 3 is 2.50 bits per heavy atom. The van der Waals surface area contributed by atoms with Crippen molar-refractivity contribution in [3.05, 3.63) is 77.9 Å². The van der Waals surface area contributed by atoms with Crippen molar-refractivity contribution in [1.29, 1.82) is 0 Å². The van der Waals surface area contributed by atoms with Crippen LogP contribution >= 0.6 is 0 Å². The van der Waals surface area contributed by atoms with Crippen LogP contribution in [0.3, 0.4) is 0 Å². The van der Waals surface area contributed by atoms with Gasteiger partial charge in [-0.3, -0.25) is 24.2 Å². The summed E-state index contributed by atoms with van der Waals surface area (Å²) < 4.78 is 1.62. The summed E-state index contributed by atoms with van der Waals surface area (Å²) in [4.78, 5) is 59.5. The highest BCUT2D eigenvalue weighted by molar-refractivity contribution is 5.98. The molecule has 1 fully saturated rings. The summed E-state index contributed by atoms with van der Waals surface area (Å²) in [6.45, 7) is 3.95. The minimum Gasteiger partial charge on any atom is -0.349 e. The molecule has 12 nitrogen and oxygen atoms in total. The molecule has 1 aromatic carbocycles. The minimum absolute atomic E-state index is 0.109. The number of hydrogen-bond donors (Lipinski definition) is 3. The molecule has 2 aromatic heterocycles. The van der Waals surface area contributed by atoms with Gasteiger partial charge in [0.15, 0.2) is 0 Å². The van der Waals surface area contributed by atoms with Gasteiger partial charge in [-0.05, 0) is 23.6 Å². The first-order valence-corrected chi connectivity index (χ1v) is 13.3. The molecule has 3 N–H and O–H groups in total. The predicted molar refractivity (Wildman–Crippen MR) is 143 cm³/mol. The number of hydrogen-bond acceptors (Lipinski definition) is 7. The molecule has 208 valence electrons. The maximum Gasteiger partial charge on any atom is 0.273 e. The molecule has 0 aliphatic carbocycles. The number of amides is 4. The van der Waals surface area contributed by atoms with Crippen LogP contribution in [0.5, 0.6) is 0 Å². The van der Waals surface area contributed by atoms with Gasteiger partial charge in [0, 0.05) is 25.6 Å².